The van der Waals surface area contributed by atoms with Crippen LogP contribution in [0, 0.1) is 0 Å². The van der Waals surface area contributed by atoms with Crippen molar-refractivity contribution in [2.75, 3.05) is 18.6 Å². The Morgan fingerprint density at radius 2 is 2.13 bits per heavy atom. The fraction of sp³-hybridized carbons (Fsp3) is 0.909. The van der Waals surface area contributed by atoms with Crippen molar-refractivity contribution in [3.8, 4) is 0 Å². The summed E-state index contributed by atoms with van der Waals surface area (Å²) in [6, 6.07) is 0.686. The molecule has 0 bridgehead atoms. The molecule has 0 spiro atoms. The summed E-state index contributed by atoms with van der Waals surface area (Å²) >= 11 is 1.83. The van der Waals surface area contributed by atoms with Gasteiger partial charge < -0.3 is 10.1 Å². The molecule has 2 unspecified atom stereocenters. The van der Waals surface area contributed by atoms with Gasteiger partial charge in [0.25, 0.3) is 0 Å². The third-order valence-corrected chi connectivity index (χ3v) is 2.89. The number of esters is 1. The molecular weight excluding hydrogens is 210 g/mol. The summed E-state index contributed by atoms with van der Waals surface area (Å²) in [6.45, 7) is 6.48. The van der Waals surface area contributed by atoms with Crippen molar-refractivity contribution in [2.45, 2.75) is 45.7 Å². The van der Waals surface area contributed by atoms with Crippen LogP contribution < -0.4 is 5.32 Å². The van der Waals surface area contributed by atoms with E-state index >= 15 is 0 Å². The van der Waals surface area contributed by atoms with Crippen LogP contribution in [-0.4, -0.2) is 36.7 Å². The van der Waals surface area contributed by atoms with Gasteiger partial charge in [0.2, 0.25) is 0 Å². The Labute approximate surface area is 97.3 Å². The number of nitrogens with one attached hydrogen (secondary N) is 1. The molecular formula is C11H23NO2S. The van der Waals surface area contributed by atoms with Crippen LogP contribution in [0.1, 0.15) is 33.6 Å². The number of thioether (sulfide) groups is 1. The Hall–Kier alpha value is -0.220. The smallest absolute Gasteiger partial charge is 0.307 e. The van der Waals surface area contributed by atoms with E-state index in [9.17, 15) is 4.79 Å². The van der Waals surface area contributed by atoms with E-state index in [0.717, 1.165) is 12.2 Å². The lowest BCUT2D eigenvalue weighted by Crippen LogP contribution is -2.39. The molecule has 3 nitrogen and oxygen atoms in total. The largest absolute Gasteiger partial charge is 0.466 e. The van der Waals surface area contributed by atoms with Gasteiger partial charge in [-0.25, -0.2) is 0 Å². The molecule has 4 heteroatoms. The molecule has 90 valence electrons. The van der Waals surface area contributed by atoms with Gasteiger partial charge in [0, 0.05) is 17.8 Å². The molecule has 0 heterocycles. The molecule has 0 radical (unpaired) electrons. The molecule has 0 aromatic heterocycles. The predicted octanol–water partition coefficient (Wildman–Crippen LogP) is 2.06. The van der Waals surface area contributed by atoms with Gasteiger partial charge in [-0.2, -0.15) is 11.8 Å². The van der Waals surface area contributed by atoms with Crippen LogP contribution in [0.5, 0.6) is 0 Å². The summed E-state index contributed by atoms with van der Waals surface area (Å²) in [4.78, 5) is 11.2. The summed E-state index contributed by atoms with van der Waals surface area (Å²) in [5.41, 5.74) is 0. The van der Waals surface area contributed by atoms with Gasteiger partial charge in [-0.3, -0.25) is 4.79 Å². The van der Waals surface area contributed by atoms with E-state index in [-0.39, 0.29) is 12.0 Å². The highest BCUT2D eigenvalue weighted by atomic mass is 32.2. The Bertz CT molecular complexity index is 176. The van der Waals surface area contributed by atoms with Crippen LogP contribution >= 0.6 is 11.8 Å². The maximum atomic E-state index is 11.2. The second-order valence-corrected chi connectivity index (χ2v) is 4.55. The topological polar surface area (TPSA) is 38.3 Å². The van der Waals surface area contributed by atoms with Crippen molar-refractivity contribution in [3.05, 3.63) is 0 Å². The monoisotopic (exact) mass is 233 g/mol. The maximum Gasteiger partial charge on any atom is 0.307 e. The van der Waals surface area contributed by atoms with Gasteiger partial charge in [-0.05, 0) is 26.5 Å². The average Bonchev–Trinajstić information content (AvgIpc) is 2.17. The second-order valence-electron chi connectivity index (χ2n) is 3.64. The van der Waals surface area contributed by atoms with Gasteiger partial charge in [-0.15, -0.1) is 0 Å². The summed E-state index contributed by atoms with van der Waals surface area (Å²) < 4.78 is 4.90. The molecule has 2 atom stereocenters. The van der Waals surface area contributed by atoms with Crippen LogP contribution in [0.2, 0.25) is 0 Å². The van der Waals surface area contributed by atoms with Gasteiger partial charge in [0.05, 0.1) is 13.0 Å². The van der Waals surface area contributed by atoms with Gasteiger partial charge >= 0.3 is 5.97 Å². The number of ether oxygens (including phenoxy) is 1. The molecule has 0 aromatic carbocycles. The molecule has 0 aliphatic carbocycles. The van der Waals surface area contributed by atoms with Crippen LogP contribution in [0.3, 0.4) is 0 Å². The Balaban J connectivity index is 3.79. The van der Waals surface area contributed by atoms with Crippen molar-refractivity contribution >= 4 is 17.7 Å². The summed E-state index contributed by atoms with van der Waals surface area (Å²) in [5, 5.41) is 3.44. The van der Waals surface area contributed by atoms with Crippen LogP contribution in [-0.2, 0) is 9.53 Å². The zero-order chi connectivity index (χ0) is 11.7. The zero-order valence-corrected chi connectivity index (χ0v) is 11.0. The first-order valence-corrected chi connectivity index (χ1v) is 6.93. The third-order valence-electron chi connectivity index (χ3n) is 2.16. The predicted molar refractivity (Wildman–Crippen MR) is 66.3 cm³/mol. The lowest BCUT2D eigenvalue weighted by atomic mass is 10.2. The molecule has 0 aliphatic heterocycles. The highest BCUT2D eigenvalue weighted by molar-refractivity contribution is 7.98. The minimum Gasteiger partial charge on any atom is -0.466 e. The summed E-state index contributed by atoms with van der Waals surface area (Å²) in [6.07, 6.45) is 3.65. The first-order valence-electron chi connectivity index (χ1n) is 5.54. The molecule has 1 N–H and O–H groups in total. The highest BCUT2D eigenvalue weighted by Crippen LogP contribution is 2.04. The number of hydrogen-bond donors (Lipinski definition) is 1. The van der Waals surface area contributed by atoms with Gasteiger partial charge in [-0.1, -0.05) is 6.92 Å². The number of carbonyl (C=O) groups excluding carboxylic acids is 1. The maximum absolute atomic E-state index is 11.2. The highest BCUT2D eigenvalue weighted by Gasteiger charge is 2.13. The lowest BCUT2D eigenvalue weighted by molar-refractivity contribution is -0.143. The Kier molecular flexibility index (Phi) is 8.91. The molecule has 0 saturated carbocycles. The van der Waals surface area contributed by atoms with E-state index in [1.807, 2.05) is 25.6 Å². The van der Waals surface area contributed by atoms with Crippen LogP contribution in [0.25, 0.3) is 0 Å². The lowest BCUT2D eigenvalue weighted by Gasteiger charge is -2.20. The molecule has 0 rings (SSSR count). The van der Waals surface area contributed by atoms with Crippen molar-refractivity contribution in [1.82, 2.24) is 5.32 Å². The number of rotatable bonds is 8. The minimum absolute atomic E-state index is 0.114. The van der Waals surface area contributed by atoms with E-state index in [1.54, 1.807) is 0 Å². The van der Waals surface area contributed by atoms with Gasteiger partial charge in [0.15, 0.2) is 0 Å². The third kappa shape index (κ3) is 7.68. The standard InChI is InChI=1S/C11H23NO2S/c1-5-10(8-15-4)12-9(3)7-11(13)14-6-2/h9-10,12H,5-8H2,1-4H3. The fourth-order valence-corrected chi connectivity index (χ4v) is 2.15. The molecule has 15 heavy (non-hydrogen) atoms. The zero-order valence-electron chi connectivity index (χ0n) is 10.2. The Morgan fingerprint density at radius 1 is 1.47 bits per heavy atom. The second kappa shape index (κ2) is 9.04. The van der Waals surface area contributed by atoms with E-state index in [2.05, 4.69) is 18.5 Å². The van der Waals surface area contributed by atoms with Crippen molar-refractivity contribution < 1.29 is 9.53 Å². The summed E-state index contributed by atoms with van der Waals surface area (Å²) in [7, 11) is 0. The van der Waals surface area contributed by atoms with Crippen molar-refractivity contribution in [2.24, 2.45) is 0 Å². The van der Waals surface area contributed by atoms with Crippen molar-refractivity contribution in [3.63, 3.8) is 0 Å². The first-order chi connectivity index (χ1) is 7.13. The fourth-order valence-electron chi connectivity index (χ4n) is 1.42. The SMILES string of the molecule is CCOC(=O)CC(C)NC(CC)CSC. The Morgan fingerprint density at radius 3 is 2.60 bits per heavy atom. The van der Waals surface area contributed by atoms with E-state index in [1.165, 1.54) is 0 Å². The number of hydrogen-bond acceptors (Lipinski definition) is 4. The van der Waals surface area contributed by atoms with Gasteiger partial charge in [0.1, 0.15) is 0 Å². The average molecular weight is 233 g/mol. The van der Waals surface area contributed by atoms with E-state index < -0.39 is 0 Å². The molecule has 0 aromatic rings. The van der Waals surface area contributed by atoms with Crippen molar-refractivity contribution in [1.29, 1.82) is 0 Å². The quantitative estimate of drug-likeness (QED) is 0.651. The minimum atomic E-state index is -0.114. The van der Waals surface area contributed by atoms with E-state index in [4.69, 9.17) is 4.74 Å². The van der Waals surface area contributed by atoms with E-state index in [0.29, 0.717) is 19.1 Å². The van der Waals surface area contributed by atoms with Crippen LogP contribution in [0.15, 0.2) is 0 Å². The number of carbonyl (C=O) groups is 1. The summed E-state index contributed by atoms with van der Waals surface area (Å²) in [5.74, 6) is 0.973. The molecule has 0 amide bonds. The first kappa shape index (κ1) is 14.8. The van der Waals surface area contributed by atoms with Crippen LogP contribution in [0.4, 0.5) is 0 Å². The molecule has 0 aliphatic rings. The molecule has 0 fully saturated rings. The normalized spacial score (nSPS) is 14.7. The molecule has 0 saturated heterocycles.